The quantitative estimate of drug-likeness (QED) is 0.762. The highest BCUT2D eigenvalue weighted by molar-refractivity contribution is 6.61. The lowest BCUT2D eigenvalue weighted by Gasteiger charge is -2.01. The van der Waals surface area contributed by atoms with E-state index in [9.17, 15) is 0 Å². The van der Waals surface area contributed by atoms with Gasteiger partial charge in [-0.15, -0.1) is 0 Å². The normalized spacial score (nSPS) is 13.8. The van der Waals surface area contributed by atoms with Crippen LogP contribution in [0.1, 0.15) is 5.56 Å². The van der Waals surface area contributed by atoms with E-state index >= 15 is 0 Å². The monoisotopic (exact) mass is 256 g/mol. The largest absolute Gasteiger partial charge is 0.626 e. The van der Waals surface area contributed by atoms with Gasteiger partial charge in [0.25, 0.3) is 0 Å². The zero-order chi connectivity index (χ0) is 12.4. The minimum Gasteiger partial charge on any atom is -0.520 e. The standard InChI is InChI=1S/C14H10BClO2/c16-12(11-6-2-1-3-7-11)10-15-17-13-8-4-5-9-14(13)18-15/h1-10H/b12-10+. The molecule has 2 nitrogen and oxygen atoms in total. The zero-order valence-corrected chi connectivity index (χ0v) is 10.3. The lowest BCUT2D eigenvalue weighted by atomic mass is 9.89. The molecule has 1 heterocycles. The summed E-state index contributed by atoms with van der Waals surface area (Å²) in [5.41, 5.74) is 0.947. The van der Waals surface area contributed by atoms with Crippen LogP contribution in [0.2, 0.25) is 0 Å². The minimum atomic E-state index is -0.463. The van der Waals surface area contributed by atoms with Gasteiger partial charge in [-0.05, 0) is 23.7 Å². The first-order valence-corrected chi connectivity index (χ1v) is 6.06. The maximum atomic E-state index is 6.23. The molecular weight excluding hydrogens is 246 g/mol. The molecule has 0 unspecified atom stereocenters. The smallest absolute Gasteiger partial charge is 0.520 e. The fourth-order valence-corrected chi connectivity index (χ4v) is 2.03. The molecule has 0 aromatic heterocycles. The Labute approximate surface area is 111 Å². The third-order valence-electron chi connectivity index (χ3n) is 2.67. The summed E-state index contributed by atoms with van der Waals surface area (Å²) < 4.78 is 11.2. The van der Waals surface area contributed by atoms with Crippen LogP contribution in [-0.4, -0.2) is 7.12 Å². The van der Waals surface area contributed by atoms with Crippen LogP contribution in [0.5, 0.6) is 11.5 Å². The van der Waals surface area contributed by atoms with E-state index in [4.69, 9.17) is 20.9 Å². The van der Waals surface area contributed by atoms with Gasteiger partial charge in [-0.2, -0.15) is 0 Å². The van der Waals surface area contributed by atoms with E-state index in [-0.39, 0.29) is 0 Å². The lowest BCUT2D eigenvalue weighted by molar-refractivity contribution is 0.517. The summed E-state index contributed by atoms with van der Waals surface area (Å²) in [4.78, 5) is 0. The number of rotatable bonds is 2. The van der Waals surface area contributed by atoms with Crippen LogP contribution in [0.25, 0.3) is 5.03 Å². The SMILES string of the molecule is Cl/C(=C/B1Oc2ccccc2O1)c1ccccc1. The molecule has 0 saturated heterocycles. The Kier molecular flexibility index (Phi) is 2.99. The maximum Gasteiger partial charge on any atom is 0.626 e. The van der Waals surface area contributed by atoms with E-state index < -0.39 is 7.12 Å². The molecule has 0 aliphatic carbocycles. The van der Waals surface area contributed by atoms with Gasteiger partial charge in [0, 0.05) is 5.03 Å². The van der Waals surface area contributed by atoms with Gasteiger partial charge in [-0.3, -0.25) is 0 Å². The van der Waals surface area contributed by atoms with Crippen molar-refractivity contribution < 1.29 is 9.31 Å². The molecule has 0 amide bonds. The van der Waals surface area contributed by atoms with E-state index in [0.717, 1.165) is 17.1 Å². The molecule has 0 fully saturated rings. The van der Waals surface area contributed by atoms with E-state index in [1.165, 1.54) is 0 Å². The third-order valence-corrected chi connectivity index (χ3v) is 3.01. The van der Waals surface area contributed by atoms with E-state index in [1.807, 2.05) is 54.6 Å². The van der Waals surface area contributed by atoms with Crippen molar-refractivity contribution in [1.82, 2.24) is 0 Å². The van der Waals surface area contributed by atoms with Crippen molar-refractivity contribution in [2.24, 2.45) is 0 Å². The number of halogens is 1. The number of hydrogen-bond donors (Lipinski definition) is 0. The van der Waals surface area contributed by atoms with Gasteiger partial charge < -0.3 is 9.31 Å². The summed E-state index contributed by atoms with van der Waals surface area (Å²) in [6, 6.07) is 17.3. The predicted molar refractivity (Wildman–Crippen MR) is 73.7 cm³/mol. The van der Waals surface area contributed by atoms with Gasteiger partial charge in [-0.1, -0.05) is 54.1 Å². The summed E-state index contributed by atoms with van der Waals surface area (Å²) in [5, 5.41) is 0.619. The molecule has 0 saturated carbocycles. The molecule has 2 aromatic carbocycles. The van der Waals surface area contributed by atoms with Gasteiger partial charge in [0.1, 0.15) is 11.5 Å². The summed E-state index contributed by atoms with van der Waals surface area (Å²) in [6.45, 7) is 0. The number of benzene rings is 2. The van der Waals surface area contributed by atoms with E-state index in [0.29, 0.717) is 5.03 Å². The fraction of sp³-hybridized carbons (Fsp3) is 0. The van der Waals surface area contributed by atoms with Gasteiger partial charge in [0.2, 0.25) is 0 Å². The second-order valence-corrected chi connectivity index (χ2v) is 4.34. The summed E-state index contributed by atoms with van der Waals surface area (Å²) >= 11 is 6.23. The van der Waals surface area contributed by atoms with Crippen LogP contribution in [0.15, 0.2) is 60.6 Å². The van der Waals surface area contributed by atoms with Crippen LogP contribution < -0.4 is 9.31 Å². The Morgan fingerprint density at radius 2 is 1.44 bits per heavy atom. The lowest BCUT2D eigenvalue weighted by Crippen LogP contribution is -2.21. The maximum absolute atomic E-state index is 6.23. The second kappa shape index (κ2) is 4.79. The Morgan fingerprint density at radius 1 is 0.889 bits per heavy atom. The number of para-hydroxylation sites is 2. The van der Waals surface area contributed by atoms with Crippen LogP contribution in [-0.2, 0) is 0 Å². The molecule has 0 spiro atoms. The third kappa shape index (κ3) is 2.22. The summed E-state index contributed by atoms with van der Waals surface area (Å²) in [7, 11) is -0.463. The summed E-state index contributed by atoms with van der Waals surface area (Å²) in [5.74, 6) is 3.25. The van der Waals surface area contributed by atoms with Crippen molar-refractivity contribution >= 4 is 23.8 Å². The van der Waals surface area contributed by atoms with Crippen LogP contribution in [0.3, 0.4) is 0 Å². The molecule has 0 radical (unpaired) electrons. The Bertz CT molecular complexity index is 558. The first kappa shape index (κ1) is 11.2. The van der Waals surface area contributed by atoms with Crippen molar-refractivity contribution in [2.45, 2.75) is 0 Å². The van der Waals surface area contributed by atoms with Gasteiger partial charge in [-0.25, -0.2) is 0 Å². The Balaban J connectivity index is 1.80. The first-order chi connectivity index (χ1) is 8.83. The second-order valence-electron chi connectivity index (χ2n) is 3.93. The molecule has 2 aromatic rings. The average molecular weight is 256 g/mol. The van der Waals surface area contributed by atoms with Crippen molar-refractivity contribution in [2.75, 3.05) is 0 Å². The van der Waals surface area contributed by atoms with Crippen molar-refractivity contribution in [3.8, 4) is 11.5 Å². The molecule has 4 heteroatoms. The highest BCUT2D eigenvalue weighted by atomic mass is 35.5. The molecule has 1 aliphatic rings. The minimum absolute atomic E-state index is 0.463. The number of fused-ring (bicyclic) bond motifs is 1. The van der Waals surface area contributed by atoms with Crippen LogP contribution in [0.4, 0.5) is 0 Å². The highest BCUT2D eigenvalue weighted by Gasteiger charge is 2.29. The van der Waals surface area contributed by atoms with E-state index in [1.54, 1.807) is 5.98 Å². The van der Waals surface area contributed by atoms with Gasteiger partial charge in [0.15, 0.2) is 0 Å². The van der Waals surface area contributed by atoms with Crippen molar-refractivity contribution in [3.63, 3.8) is 0 Å². The fourth-order valence-electron chi connectivity index (χ4n) is 1.80. The topological polar surface area (TPSA) is 18.5 Å². The molecule has 0 bridgehead atoms. The molecule has 18 heavy (non-hydrogen) atoms. The molecule has 0 atom stereocenters. The molecule has 88 valence electrons. The van der Waals surface area contributed by atoms with Gasteiger partial charge in [0.05, 0.1) is 0 Å². The molecule has 1 aliphatic heterocycles. The molecule has 3 rings (SSSR count). The zero-order valence-electron chi connectivity index (χ0n) is 9.55. The first-order valence-electron chi connectivity index (χ1n) is 5.68. The van der Waals surface area contributed by atoms with Crippen LogP contribution in [0, 0.1) is 0 Å². The van der Waals surface area contributed by atoms with Gasteiger partial charge >= 0.3 is 7.12 Å². The summed E-state index contributed by atoms with van der Waals surface area (Å²) in [6.07, 6.45) is 0. The Morgan fingerprint density at radius 3 is 2.06 bits per heavy atom. The molecule has 0 N–H and O–H groups in total. The van der Waals surface area contributed by atoms with Crippen molar-refractivity contribution in [3.05, 3.63) is 66.1 Å². The number of hydrogen-bond acceptors (Lipinski definition) is 2. The highest BCUT2D eigenvalue weighted by Crippen LogP contribution is 2.33. The van der Waals surface area contributed by atoms with Crippen LogP contribution >= 0.6 is 11.6 Å². The molecular formula is C14H10BClO2. The Hall–Kier alpha value is -1.87. The van der Waals surface area contributed by atoms with Crippen molar-refractivity contribution in [1.29, 1.82) is 0 Å². The average Bonchev–Trinajstić information content (AvgIpc) is 2.82. The predicted octanol–water partition coefficient (Wildman–Crippen LogP) is 3.77. The van der Waals surface area contributed by atoms with E-state index in [2.05, 4.69) is 0 Å².